The first-order chi connectivity index (χ1) is 13.0. The third-order valence-corrected chi connectivity index (χ3v) is 9.57. The highest BCUT2D eigenvalue weighted by Crippen LogP contribution is 2.68. The molecule has 9 atom stereocenters. The second kappa shape index (κ2) is 6.40. The van der Waals surface area contributed by atoms with Crippen molar-refractivity contribution < 1.29 is 24.9 Å². The van der Waals surface area contributed by atoms with Crippen molar-refractivity contribution in [3.63, 3.8) is 0 Å². The standard InChI is InChI=1S/C21H26BrClO5/c1-19-4-3-11(24)6-14(19)15(23)7-12-13-5-10(9-22)21(28,18(26)27)20(13,2)8-16(25)17(12)19/h3-4,6,10,12-13,15-17,25,28H,5,7-9H2,1-2H3,(H,26,27)/t10-,12-,13-,15-,16-,17+,19-,20-,21-/m0/s1. The third-order valence-electron chi connectivity index (χ3n) is 8.38. The van der Waals surface area contributed by atoms with Gasteiger partial charge in [-0.25, -0.2) is 4.79 Å². The van der Waals surface area contributed by atoms with E-state index in [0.717, 1.165) is 5.57 Å². The molecule has 0 radical (unpaired) electrons. The number of aliphatic carboxylic acids is 1. The number of carbonyl (C=O) groups is 2. The summed E-state index contributed by atoms with van der Waals surface area (Å²) in [6.45, 7) is 3.82. The number of carboxylic acid groups (broad SMARTS) is 1. The van der Waals surface area contributed by atoms with Gasteiger partial charge in [-0.3, -0.25) is 4.79 Å². The maximum atomic E-state index is 12.2. The average molecular weight is 474 g/mol. The number of allylic oxidation sites excluding steroid dienone is 4. The first-order valence-electron chi connectivity index (χ1n) is 9.79. The van der Waals surface area contributed by atoms with E-state index in [9.17, 15) is 24.9 Å². The number of carboxylic acids is 1. The van der Waals surface area contributed by atoms with Gasteiger partial charge < -0.3 is 15.3 Å². The molecule has 0 aromatic carbocycles. The Morgan fingerprint density at radius 3 is 2.64 bits per heavy atom. The van der Waals surface area contributed by atoms with Crippen molar-refractivity contribution in [1.29, 1.82) is 0 Å². The normalized spacial score (nSPS) is 52.5. The number of alkyl halides is 2. The quantitative estimate of drug-likeness (QED) is 0.536. The zero-order valence-corrected chi connectivity index (χ0v) is 18.3. The van der Waals surface area contributed by atoms with E-state index in [0.29, 0.717) is 18.2 Å². The monoisotopic (exact) mass is 472 g/mol. The van der Waals surface area contributed by atoms with Crippen LogP contribution in [0.2, 0.25) is 0 Å². The molecule has 4 aliphatic rings. The molecular weight excluding hydrogens is 448 g/mol. The predicted octanol–water partition coefficient (Wildman–Crippen LogP) is 2.92. The van der Waals surface area contributed by atoms with E-state index in [2.05, 4.69) is 15.9 Å². The number of halogens is 2. The molecule has 0 amide bonds. The van der Waals surface area contributed by atoms with E-state index in [1.807, 2.05) is 19.9 Å². The van der Waals surface area contributed by atoms with Gasteiger partial charge in [-0.05, 0) is 48.8 Å². The Kier molecular flexibility index (Phi) is 4.70. The molecule has 0 bridgehead atoms. The molecule has 0 saturated heterocycles. The number of ketones is 1. The summed E-state index contributed by atoms with van der Waals surface area (Å²) in [5, 5.41) is 32.6. The van der Waals surface area contributed by atoms with Gasteiger partial charge in [-0.15, -0.1) is 11.6 Å². The summed E-state index contributed by atoms with van der Waals surface area (Å²) in [5.41, 5.74) is -2.54. The summed E-state index contributed by atoms with van der Waals surface area (Å²) in [6, 6.07) is 0. The molecule has 3 fully saturated rings. The fourth-order valence-electron chi connectivity index (χ4n) is 7.09. The molecule has 0 aromatic rings. The van der Waals surface area contributed by atoms with E-state index >= 15 is 0 Å². The van der Waals surface area contributed by atoms with Crippen LogP contribution in [0.25, 0.3) is 0 Å². The first-order valence-corrected chi connectivity index (χ1v) is 11.4. The summed E-state index contributed by atoms with van der Waals surface area (Å²) in [7, 11) is 0. The molecule has 0 spiro atoms. The van der Waals surface area contributed by atoms with Crippen LogP contribution in [0.5, 0.6) is 0 Å². The molecule has 28 heavy (non-hydrogen) atoms. The minimum atomic E-state index is -1.90. The SMILES string of the molecule is C[C@]12C=CC(=O)C=C1[C@@H](Cl)C[C@@H]1[C@@H]2[C@@H](O)C[C@@]2(C)[C@H]1C[C@@H](CBr)[C@]2(O)C(=O)O. The van der Waals surface area contributed by atoms with Crippen molar-refractivity contribution in [2.24, 2.45) is 34.5 Å². The summed E-state index contributed by atoms with van der Waals surface area (Å²) in [5.74, 6) is -2.02. The lowest BCUT2D eigenvalue weighted by molar-refractivity contribution is -0.197. The molecule has 0 aliphatic heterocycles. The van der Waals surface area contributed by atoms with Crippen LogP contribution in [0.1, 0.15) is 33.1 Å². The Labute approximate surface area is 178 Å². The van der Waals surface area contributed by atoms with Crippen LogP contribution < -0.4 is 0 Å². The molecule has 5 nitrogen and oxygen atoms in total. The van der Waals surface area contributed by atoms with Gasteiger partial charge in [0, 0.05) is 28.0 Å². The van der Waals surface area contributed by atoms with Crippen molar-refractivity contribution in [2.45, 2.75) is 50.2 Å². The largest absolute Gasteiger partial charge is 0.479 e. The van der Waals surface area contributed by atoms with E-state index < -0.39 is 34.4 Å². The lowest BCUT2D eigenvalue weighted by Gasteiger charge is -2.60. The molecule has 7 heteroatoms. The summed E-state index contributed by atoms with van der Waals surface area (Å²) in [4.78, 5) is 24.1. The lowest BCUT2D eigenvalue weighted by atomic mass is 9.46. The molecule has 0 unspecified atom stereocenters. The summed E-state index contributed by atoms with van der Waals surface area (Å²) in [6.07, 6.45) is 5.56. The smallest absolute Gasteiger partial charge is 0.336 e. The highest BCUT2D eigenvalue weighted by Gasteiger charge is 2.72. The van der Waals surface area contributed by atoms with Crippen LogP contribution in [0, 0.1) is 34.5 Å². The van der Waals surface area contributed by atoms with Gasteiger partial charge in [0.25, 0.3) is 0 Å². The molecular formula is C21H26BrClO5. The molecule has 0 heterocycles. The minimum absolute atomic E-state index is 0.0359. The maximum Gasteiger partial charge on any atom is 0.336 e. The average Bonchev–Trinajstić information content (AvgIpc) is 2.84. The zero-order valence-electron chi connectivity index (χ0n) is 15.9. The fourth-order valence-corrected chi connectivity index (χ4v) is 8.33. The number of fused-ring (bicyclic) bond motifs is 5. The van der Waals surface area contributed by atoms with Gasteiger partial charge >= 0.3 is 5.97 Å². The molecule has 0 aromatic heterocycles. The predicted molar refractivity (Wildman–Crippen MR) is 108 cm³/mol. The van der Waals surface area contributed by atoms with Crippen molar-refractivity contribution in [1.82, 2.24) is 0 Å². The van der Waals surface area contributed by atoms with Crippen LogP contribution in [0.3, 0.4) is 0 Å². The Hall–Kier alpha value is -0.690. The lowest BCUT2D eigenvalue weighted by Crippen LogP contribution is -2.63. The molecule has 3 N–H and O–H groups in total. The molecule has 154 valence electrons. The van der Waals surface area contributed by atoms with Crippen molar-refractivity contribution in [3.05, 3.63) is 23.8 Å². The number of carbonyl (C=O) groups excluding carboxylic acids is 1. The fraction of sp³-hybridized carbons (Fsp3) is 0.714. The van der Waals surface area contributed by atoms with Gasteiger partial charge in [-0.1, -0.05) is 35.9 Å². The Morgan fingerprint density at radius 2 is 2.04 bits per heavy atom. The van der Waals surface area contributed by atoms with E-state index in [-0.39, 0.29) is 35.3 Å². The Bertz CT molecular complexity index is 796. The number of hydrogen-bond acceptors (Lipinski definition) is 4. The Balaban J connectivity index is 1.82. The van der Waals surface area contributed by atoms with Gasteiger partial charge in [0.1, 0.15) is 0 Å². The minimum Gasteiger partial charge on any atom is -0.479 e. The zero-order chi connectivity index (χ0) is 20.6. The highest BCUT2D eigenvalue weighted by molar-refractivity contribution is 9.09. The number of rotatable bonds is 2. The van der Waals surface area contributed by atoms with Crippen LogP contribution >= 0.6 is 27.5 Å². The molecule has 4 rings (SSSR count). The van der Waals surface area contributed by atoms with Crippen molar-refractivity contribution in [3.8, 4) is 0 Å². The number of aliphatic hydroxyl groups is 2. The number of hydrogen-bond donors (Lipinski definition) is 3. The highest BCUT2D eigenvalue weighted by atomic mass is 79.9. The second-order valence-electron chi connectivity index (χ2n) is 9.46. The third kappa shape index (κ3) is 2.38. The van der Waals surface area contributed by atoms with Crippen molar-refractivity contribution in [2.75, 3.05) is 5.33 Å². The second-order valence-corrected chi connectivity index (χ2v) is 10.6. The van der Waals surface area contributed by atoms with E-state index in [1.54, 1.807) is 12.2 Å². The van der Waals surface area contributed by atoms with E-state index in [4.69, 9.17) is 11.6 Å². The molecule has 4 aliphatic carbocycles. The van der Waals surface area contributed by atoms with Crippen LogP contribution in [-0.2, 0) is 9.59 Å². The molecule has 3 saturated carbocycles. The maximum absolute atomic E-state index is 12.2. The van der Waals surface area contributed by atoms with Crippen LogP contribution in [0.15, 0.2) is 23.8 Å². The van der Waals surface area contributed by atoms with Gasteiger partial charge in [-0.2, -0.15) is 0 Å². The Morgan fingerprint density at radius 1 is 1.36 bits per heavy atom. The van der Waals surface area contributed by atoms with Gasteiger partial charge in [0.15, 0.2) is 11.4 Å². The van der Waals surface area contributed by atoms with Crippen LogP contribution in [-0.4, -0.2) is 49.5 Å². The number of aliphatic hydroxyl groups excluding tert-OH is 1. The van der Waals surface area contributed by atoms with Gasteiger partial charge in [0.05, 0.1) is 11.5 Å². The van der Waals surface area contributed by atoms with E-state index in [1.165, 1.54) is 0 Å². The topological polar surface area (TPSA) is 94.8 Å². The van der Waals surface area contributed by atoms with Gasteiger partial charge in [0.2, 0.25) is 0 Å². The first kappa shape index (κ1) is 20.6. The van der Waals surface area contributed by atoms with Crippen LogP contribution in [0.4, 0.5) is 0 Å². The summed E-state index contributed by atoms with van der Waals surface area (Å²) < 4.78 is 0. The summed E-state index contributed by atoms with van der Waals surface area (Å²) >= 11 is 10.1. The van der Waals surface area contributed by atoms with Crippen molar-refractivity contribution >= 4 is 39.3 Å².